The van der Waals surface area contributed by atoms with Gasteiger partial charge in [0.15, 0.2) is 0 Å². The second-order valence-corrected chi connectivity index (χ2v) is 4.89. The quantitative estimate of drug-likeness (QED) is 0.240. The summed E-state index contributed by atoms with van der Waals surface area (Å²) in [6, 6.07) is 15.4. The number of hydrogen-bond donors (Lipinski definition) is 1. The summed E-state index contributed by atoms with van der Waals surface area (Å²) in [7, 11) is 0. The number of rotatable bonds is 2. The van der Waals surface area contributed by atoms with Crippen LogP contribution in [0.4, 0.5) is 0 Å². The van der Waals surface area contributed by atoms with Crippen LogP contribution in [0.2, 0.25) is 10.0 Å². The number of benzene rings is 2. The van der Waals surface area contributed by atoms with Gasteiger partial charge in [0, 0.05) is 10.0 Å². The Kier molecular flexibility index (Phi) is 65.7. The summed E-state index contributed by atoms with van der Waals surface area (Å²) in [5.74, 6) is 0. The summed E-state index contributed by atoms with van der Waals surface area (Å²) in [5, 5.41) is 1.52. The van der Waals surface area contributed by atoms with E-state index in [1.807, 2.05) is 48.5 Å². The monoisotopic (exact) mass is 548 g/mol. The summed E-state index contributed by atoms with van der Waals surface area (Å²) < 4.78 is 45.0. The van der Waals surface area contributed by atoms with Gasteiger partial charge in [-0.15, -0.1) is 0 Å². The smallest absolute Gasteiger partial charge is 3.00 e. The Morgan fingerprint density at radius 2 is 0.667 bits per heavy atom. The summed E-state index contributed by atoms with van der Waals surface area (Å²) in [6.07, 6.45) is 0. The Labute approximate surface area is 211 Å². The maximum Gasteiger partial charge on any atom is 3.00 e. The Morgan fingerprint density at radius 3 is 0.833 bits per heavy atom. The van der Waals surface area contributed by atoms with E-state index in [2.05, 4.69) is 52.5 Å². The van der Waals surface area contributed by atoms with E-state index in [-0.39, 0.29) is 39.4 Å². The third-order valence-electron chi connectivity index (χ3n) is 2.37. The van der Waals surface area contributed by atoms with Crippen molar-refractivity contribution in [2.45, 2.75) is 5.25 Å². The number of hydrogen-bond acceptors (Lipinski definition) is 1. The van der Waals surface area contributed by atoms with Crippen molar-refractivity contribution < 1.29 is 62.1 Å². The van der Waals surface area contributed by atoms with Crippen LogP contribution in [0.25, 0.3) is 0 Å². The molecule has 0 bridgehead atoms. The molecule has 0 aliphatic rings. The molecule has 0 aromatic heterocycles. The van der Waals surface area contributed by atoms with Crippen molar-refractivity contribution in [3.05, 3.63) is 110 Å². The van der Waals surface area contributed by atoms with Gasteiger partial charge in [-0.05, 0) is 35.4 Å². The molecule has 0 unspecified atom stereocenters. The van der Waals surface area contributed by atoms with Crippen LogP contribution in [-0.2, 0) is 62.1 Å². The topological polar surface area (TPSA) is 119 Å². The van der Waals surface area contributed by atoms with Crippen LogP contribution in [-0.4, -0.2) is 0 Å². The van der Waals surface area contributed by atoms with Crippen LogP contribution >= 0.6 is 35.8 Å². The number of halogens is 2. The summed E-state index contributed by atoms with van der Waals surface area (Å²) in [6.45, 7) is 27.0. The molecule has 0 N–H and O–H groups in total. The first-order valence-electron chi connectivity index (χ1n) is 6.08. The van der Waals surface area contributed by atoms with E-state index in [0.717, 1.165) is 21.2 Å². The summed E-state index contributed by atoms with van der Waals surface area (Å²) >= 11 is 16.3. The zero-order chi connectivity index (χ0) is 23.5. The average molecular weight is 549 g/mol. The van der Waals surface area contributed by atoms with Crippen molar-refractivity contribution in [2.75, 3.05) is 0 Å². The molecular formula is C19H10Cl2Fe2O6S+6. The predicted molar refractivity (Wildman–Crippen MR) is 97.3 cm³/mol. The second-order valence-electron chi connectivity index (χ2n) is 3.51. The first kappa shape index (κ1) is 46.9. The van der Waals surface area contributed by atoms with E-state index in [9.17, 15) is 0 Å². The normalized spacial score (nSPS) is 6.13. The van der Waals surface area contributed by atoms with Crippen molar-refractivity contribution in [3.8, 4) is 0 Å². The van der Waals surface area contributed by atoms with Crippen molar-refractivity contribution >= 4 is 35.8 Å². The molecule has 0 amide bonds. The van der Waals surface area contributed by atoms with Gasteiger partial charge in [-0.1, -0.05) is 47.5 Å². The molecule has 0 atom stereocenters. The van der Waals surface area contributed by atoms with Gasteiger partial charge in [0.05, 0.1) is 5.25 Å². The molecule has 0 spiro atoms. The van der Waals surface area contributed by atoms with Crippen molar-refractivity contribution in [2.24, 2.45) is 0 Å². The van der Waals surface area contributed by atoms with Gasteiger partial charge in [-0.2, -0.15) is 12.6 Å². The Balaban J connectivity index is -0.0000000657. The molecule has 0 saturated heterocycles. The average Bonchev–Trinajstić information content (AvgIpc) is 2.82. The third-order valence-corrected chi connectivity index (χ3v) is 3.47. The molecule has 0 saturated carbocycles. The van der Waals surface area contributed by atoms with E-state index in [1.165, 1.54) is 0 Å². The Morgan fingerprint density at radius 1 is 0.500 bits per heavy atom. The molecule has 6 nitrogen and oxygen atoms in total. The van der Waals surface area contributed by atoms with Crippen LogP contribution in [0.5, 0.6) is 0 Å². The van der Waals surface area contributed by atoms with E-state index in [0.29, 0.717) is 0 Å². The van der Waals surface area contributed by atoms with Crippen LogP contribution in [0.3, 0.4) is 0 Å². The van der Waals surface area contributed by atoms with Crippen molar-refractivity contribution in [1.82, 2.24) is 0 Å². The Bertz CT molecular complexity index is 635. The first-order valence-corrected chi connectivity index (χ1v) is 7.35. The largest absolute Gasteiger partial charge is 3.00 e. The van der Waals surface area contributed by atoms with Crippen molar-refractivity contribution in [1.29, 1.82) is 0 Å². The summed E-state index contributed by atoms with van der Waals surface area (Å²) in [4.78, 5) is 0. The van der Waals surface area contributed by atoms with Crippen LogP contribution in [0, 0.1) is 39.9 Å². The molecule has 30 heavy (non-hydrogen) atoms. The minimum absolute atomic E-state index is 0. The molecule has 11 heteroatoms. The van der Waals surface area contributed by atoms with E-state index in [4.69, 9.17) is 51.1 Å². The fourth-order valence-corrected chi connectivity index (χ4v) is 2.08. The summed E-state index contributed by atoms with van der Waals surface area (Å²) in [5.41, 5.74) is 2.24. The van der Waals surface area contributed by atoms with E-state index < -0.39 is 0 Å². The molecule has 0 heterocycles. The van der Waals surface area contributed by atoms with Gasteiger partial charge in [-0.3, -0.25) is 0 Å². The zero-order valence-corrected chi connectivity index (χ0v) is 19.2. The predicted octanol–water partition coefficient (Wildman–Crippen LogP) is 4.78. The minimum atomic E-state index is 0. The van der Waals surface area contributed by atoms with Gasteiger partial charge in [0.25, 0.3) is 0 Å². The zero-order valence-electron chi connectivity index (χ0n) is 14.6. The minimum Gasteiger partial charge on any atom is 3.00 e. The van der Waals surface area contributed by atoms with Gasteiger partial charge in [0.2, 0.25) is 0 Å². The molecule has 0 aliphatic heterocycles. The van der Waals surface area contributed by atoms with Gasteiger partial charge in [-0.25, -0.2) is 0 Å². The van der Waals surface area contributed by atoms with E-state index >= 15 is 0 Å². The molecule has 0 fully saturated rings. The maximum atomic E-state index is 7.50. The van der Waals surface area contributed by atoms with Gasteiger partial charge < -0.3 is 0 Å². The Hall–Kier alpha value is -1.15. The molecule has 152 valence electrons. The molecule has 0 aliphatic carbocycles. The first-order chi connectivity index (χ1) is 13.7. The van der Waals surface area contributed by atoms with Crippen LogP contribution < -0.4 is 0 Å². The fourth-order valence-electron chi connectivity index (χ4n) is 1.48. The van der Waals surface area contributed by atoms with Gasteiger partial charge in [0.1, 0.15) is 0 Å². The second kappa shape index (κ2) is 42.1. The molecular weight excluding hydrogens is 539 g/mol. The van der Waals surface area contributed by atoms with Gasteiger partial charge >= 0.3 is 102 Å². The molecule has 2 aromatic carbocycles. The van der Waals surface area contributed by atoms with Crippen LogP contribution in [0.15, 0.2) is 48.5 Å². The molecule has 2 radical (unpaired) electrons. The number of thiol groups is 1. The maximum absolute atomic E-state index is 7.50. The third kappa shape index (κ3) is 24.9. The standard InChI is InChI=1S/C13H10Cl2S.6CO.2Fe/c14-11-5-1-9(2-6-11)13(16)10-3-7-12(15)8-4-10;6*1-2;;/h1-8,13,16H;;;;;;;;/q;;;;;;;2*+3. The van der Waals surface area contributed by atoms with Crippen LogP contribution in [0.1, 0.15) is 16.4 Å². The fraction of sp³-hybridized carbons (Fsp3) is 0.0526. The van der Waals surface area contributed by atoms with E-state index in [1.54, 1.807) is 0 Å². The van der Waals surface area contributed by atoms with Crippen molar-refractivity contribution in [3.63, 3.8) is 0 Å². The SMILES string of the molecule is SC(c1ccc(Cl)cc1)c1ccc(Cl)cc1.[C-]#[O+].[C-]#[O+].[C-]#[O+].[C-]#[O+].[C-]#[O+].[C-]#[O+].[Fe+3].[Fe+3]. The molecule has 2 aromatic rings. The molecule has 2 rings (SSSR count).